The van der Waals surface area contributed by atoms with Gasteiger partial charge in [-0.1, -0.05) is 30.3 Å². The highest BCUT2D eigenvalue weighted by molar-refractivity contribution is 8.19. The normalized spacial score (nSPS) is 15.3. The molecular formula is C22H19N3O4S. The van der Waals surface area contributed by atoms with Crippen LogP contribution in [0.5, 0.6) is 5.75 Å². The largest absolute Gasteiger partial charge is 0.497 e. The smallest absolute Gasteiger partial charge is 0.298 e. The van der Waals surface area contributed by atoms with Crippen molar-refractivity contribution in [1.82, 2.24) is 9.36 Å². The SMILES string of the molecule is COc1ccc(/C=C2\SC(=O)N(c3c(C)n(C)n(-c4ccccc4)c3=O)C2=O)cc1. The Balaban J connectivity index is 1.75. The van der Waals surface area contributed by atoms with E-state index in [2.05, 4.69) is 0 Å². The van der Waals surface area contributed by atoms with Gasteiger partial charge in [0.05, 0.1) is 23.4 Å². The number of anilines is 1. The van der Waals surface area contributed by atoms with Crippen LogP contribution in [0.2, 0.25) is 0 Å². The van der Waals surface area contributed by atoms with Crippen molar-refractivity contribution in [3.63, 3.8) is 0 Å². The molecule has 0 saturated carbocycles. The van der Waals surface area contributed by atoms with Gasteiger partial charge < -0.3 is 4.74 Å². The van der Waals surface area contributed by atoms with Crippen LogP contribution in [0.1, 0.15) is 11.3 Å². The third-order valence-corrected chi connectivity index (χ3v) is 5.82. The van der Waals surface area contributed by atoms with E-state index in [9.17, 15) is 14.4 Å². The van der Waals surface area contributed by atoms with Gasteiger partial charge in [0.1, 0.15) is 11.4 Å². The van der Waals surface area contributed by atoms with Gasteiger partial charge >= 0.3 is 0 Å². The second kappa shape index (κ2) is 7.72. The average Bonchev–Trinajstić information content (AvgIpc) is 3.14. The highest BCUT2D eigenvalue weighted by Crippen LogP contribution is 2.36. The number of rotatable bonds is 4. The Hall–Kier alpha value is -3.52. The van der Waals surface area contributed by atoms with Crippen LogP contribution < -0.4 is 15.2 Å². The van der Waals surface area contributed by atoms with Gasteiger partial charge in [0.15, 0.2) is 0 Å². The molecule has 1 saturated heterocycles. The van der Waals surface area contributed by atoms with Crippen molar-refractivity contribution in [2.75, 3.05) is 12.0 Å². The molecule has 1 aliphatic heterocycles. The Morgan fingerprint density at radius 2 is 1.63 bits per heavy atom. The summed E-state index contributed by atoms with van der Waals surface area (Å²) in [6, 6.07) is 16.2. The van der Waals surface area contributed by atoms with E-state index in [4.69, 9.17) is 4.74 Å². The second-order valence-electron chi connectivity index (χ2n) is 6.70. The van der Waals surface area contributed by atoms with Gasteiger partial charge in [-0.3, -0.25) is 19.1 Å². The molecule has 4 rings (SSSR count). The molecule has 1 aromatic heterocycles. The minimum atomic E-state index is -0.508. The molecule has 2 heterocycles. The molecule has 0 radical (unpaired) electrons. The van der Waals surface area contributed by atoms with Crippen molar-refractivity contribution in [1.29, 1.82) is 0 Å². The summed E-state index contributed by atoms with van der Waals surface area (Å²) in [6.07, 6.45) is 1.64. The minimum absolute atomic E-state index is 0.0713. The molecule has 0 atom stereocenters. The molecule has 0 spiro atoms. The van der Waals surface area contributed by atoms with E-state index >= 15 is 0 Å². The Morgan fingerprint density at radius 1 is 0.967 bits per heavy atom. The fourth-order valence-electron chi connectivity index (χ4n) is 3.32. The molecule has 1 aliphatic rings. The number of imide groups is 1. The number of nitrogens with zero attached hydrogens (tertiary/aromatic N) is 3. The molecule has 0 aliphatic carbocycles. The summed E-state index contributed by atoms with van der Waals surface area (Å²) in [7, 11) is 3.30. The molecule has 0 N–H and O–H groups in total. The predicted molar refractivity (Wildman–Crippen MR) is 117 cm³/mol. The Bertz CT molecular complexity index is 1220. The maximum absolute atomic E-state index is 13.2. The fraction of sp³-hybridized carbons (Fsp3) is 0.136. The first-order valence-corrected chi connectivity index (χ1v) is 10.00. The van der Waals surface area contributed by atoms with Crippen LogP contribution in [0.3, 0.4) is 0 Å². The molecule has 0 bridgehead atoms. The van der Waals surface area contributed by atoms with Crippen LogP contribution >= 0.6 is 11.8 Å². The summed E-state index contributed by atoms with van der Waals surface area (Å²) < 4.78 is 8.22. The van der Waals surface area contributed by atoms with Crippen molar-refractivity contribution in [3.8, 4) is 11.4 Å². The summed E-state index contributed by atoms with van der Waals surface area (Å²) in [5, 5.41) is -0.495. The number of methoxy groups -OCH3 is 1. The molecule has 2 amide bonds. The highest BCUT2D eigenvalue weighted by Gasteiger charge is 2.40. The lowest BCUT2D eigenvalue weighted by Gasteiger charge is -2.10. The van der Waals surface area contributed by atoms with Gasteiger partial charge in [-0.15, -0.1) is 0 Å². The van der Waals surface area contributed by atoms with E-state index in [-0.39, 0.29) is 10.6 Å². The Labute approximate surface area is 177 Å². The number of aromatic nitrogens is 2. The van der Waals surface area contributed by atoms with Crippen molar-refractivity contribution in [2.45, 2.75) is 6.92 Å². The van der Waals surface area contributed by atoms with Gasteiger partial charge in [-0.25, -0.2) is 9.58 Å². The first kappa shape index (κ1) is 19.8. The van der Waals surface area contributed by atoms with Crippen LogP contribution in [0.15, 0.2) is 64.3 Å². The first-order valence-electron chi connectivity index (χ1n) is 9.18. The first-order chi connectivity index (χ1) is 14.4. The molecule has 1 fully saturated rings. The van der Waals surface area contributed by atoms with Crippen LogP contribution in [-0.2, 0) is 11.8 Å². The fourth-order valence-corrected chi connectivity index (χ4v) is 4.15. The highest BCUT2D eigenvalue weighted by atomic mass is 32.2. The number of amides is 2. The van der Waals surface area contributed by atoms with Crippen molar-refractivity contribution < 1.29 is 14.3 Å². The van der Waals surface area contributed by atoms with Crippen molar-refractivity contribution in [2.24, 2.45) is 7.05 Å². The van der Waals surface area contributed by atoms with Crippen LogP contribution in [0.25, 0.3) is 11.8 Å². The molecule has 7 nitrogen and oxygen atoms in total. The number of hydrogen-bond acceptors (Lipinski definition) is 5. The third kappa shape index (κ3) is 3.25. The number of carbonyl (C=O) groups excluding carboxylic acids is 2. The summed E-state index contributed by atoms with van der Waals surface area (Å²) in [6.45, 7) is 1.71. The Kier molecular flexibility index (Phi) is 5.09. The summed E-state index contributed by atoms with van der Waals surface area (Å²) in [5.41, 5.74) is 1.58. The van der Waals surface area contributed by atoms with Gasteiger partial charge in [0.25, 0.3) is 16.7 Å². The van der Waals surface area contributed by atoms with Crippen LogP contribution in [0.4, 0.5) is 10.5 Å². The lowest BCUT2D eigenvalue weighted by atomic mass is 10.2. The summed E-state index contributed by atoms with van der Waals surface area (Å²) >= 11 is 0.820. The molecule has 30 heavy (non-hydrogen) atoms. The van der Waals surface area contributed by atoms with E-state index in [0.717, 1.165) is 22.2 Å². The minimum Gasteiger partial charge on any atom is -0.497 e. The standard InChI is InChI=1S/C22H19N3O4S/c1-14-19(21(27)25(23(14)2)16-7-5-4-6-8-16)24-20(26)18(30-22(24)28)13-15-9-11-17(29-3)12-10-15/h4-13H,1-3H3/b18-13-. The zero-order valence-corrected chi connectivity index (χ0v) is 17.5. The van der Waals surface area contributed by atoms with Gasteiger partial charge in [0.2, 0.25) is 0 Å². The Morgan fingerprint density at radius 3 is 2.27 bits per heavy atom. The van der Waals surface area contributed by atoms with E-state index in [1.807, 2.05) is 18.2 Å². The number of hydrogen-bond donors (Lipinski definition) is 0. The van der Waals surface area contributed by atoms with E-state index in [1.54, 1.807) is 68.2 Å². The zero-order valence-electron chi connectivity index (χ0n) is 16.7. The maximum atomic E-state index is 13.2. The van der Waals surface area contributed by atoms with Gasteiger partial charge in [0, 0.05) is 7.05 Å². The zero-order chi connectivity index (χ0) is 21.4. The molecule has 8 heteroatoms. The number of benzene rings is 2. The monoisotopic (exact) mass is 421 g/mol. The summed E-state index contributed by atoms with van der Waals surface area (Å²) in [5.74, 6) is 0.188. The molecule has 3 aromatic rings. The topological polar surface area (TPSA) is 73.5 Å². The average molecular weight is 421 g/mol. The number of carbonyl (C=O) groups is 2. The number of thioether (sulfide) groups is 1. The van der Waals surface area contributed by atoms with E-state index < -0.39 is 16.7 Å². The van der Waals surface area contributed by atoms with E-state index in [1.165, 1.54) is 4.68 Å². The van der Waals surface area contributed by atoms with Gasteiger partial charge in [-0.2, -0.15) is 0 Å². The van der Waals surface area contributed by atoms with Crippen LogP contribution in [-0.4, -0.2) is 27.6 Å². The van der Waals surface area contributed by atoms with E-state index in [0.29, 0.717) is 17.1 Å². The second-order valence-corrected chi connectivity index (χ2v) is 7.69. The van der Waals surface area contributed by atoms with Gasteiger partial charge in [-0.05, 0) is 54.6 Å². The quantitative estimate of drug-likeness (QED) is 0.600. The lowest BCUT2D eigenvalue weighted by Crippen LogP contribution is -2.33. The maximum Gasteiger partial charge on any atom is 0.298 e. The lowest BCUT2D eigenvalue weighted by molar-refractivity contribution is -0.113. The predicted octanol–water partition coefficient (Wildman–Crippen LogP) is 3.73. The number of ether oxygens (including phenoxy) is 1. The van der Waals surface area contributed by atoms with Crippen molar-refractivity contribution >= 4 is 34.7 Å². The molecule has 2 aromatic carbocycles. The molecule has 0 unspecified atom stereocenters. The molecular weight excluding hydrogens is 402 g/mol. The number of para-hydroxylation sites is 1. The van der Waals surface area contributed by atoms with Crippen molar-refractivity contribution in [3.05, 3.63) is 81.1 Å². The van der Waals surface area contributed by atoms with Crippen LogP contribution in [0, 0.1) is 6.92 Å². The summed E-state index contributed by atoms with van der Waals surface area (Å²) in [4.78, 5) is 40.1. The molecule has 152 valence electrons. The third-order valence-electron chi connectivity index (χ3n) is 4.95.